The van der Waals surface area contributed by atoms with Crippen LogP contribution in [0.15, 0.2) is 48.5 Å². The van der Waals surface area contributed by atoms with Gasteiger partial charge < -0.3 is 21.1 Å². The predicted octanol–water partition coefficient (Wildman–Crippen LogP) is 2.59. The number of nitrogens with zero attached hydrogens (tertiary/aromatic N) is 1. The van der Waals surface area contributed by atoms with Crippen molar-refractivity contribution < 1.29 is 31.9 Å². The molecule has 3 atom stereocenters. The number of rotatable bonds is 15. The van der Waals surface area contributed by atoms with E-state index in [2.05, 4.69) is 16.0 Å². The normalized spacial score (nSPS) is 14.5. The Labute approximate surface area is 248 Å². The van der Waals surface area contributed by atoms with E-state index in [1.54, 1.807) is 20.8 Å². The molecule has 0 aliphatic rings. The fourth-order valence-corrected chi connectivity index (χ4v) is 5.39. The van der Waals surface area contributed by atoms with Crippen LogP contribution in [0.2, 0.25) is 0 Å². The number of aliphatic hydroxyl groups is 1. The van der Waals surface area contributed by atoms with Gasteiger partial charge in [-0.3, -0.25) is 9.59 Å². The van der Waals surface area contributed by atoms with E-state index in [-0.39, 0.29) is 44.1 Å². The molecule has 0 saturated carbocycles. The van der Waals surface area contributed by atoms with Crippen LogP contribution in [0.1, 0.15) is 45.7 Å². The van der Waals surface area contributed by atoms with Crippen molar-refractivity contribution in [2.24, 2.45) is 11.3 Å². The molecule has 0 spiro atoms. The third kappa shape index (κ3) is 11.4. The first kappa shape index (κ1) is 35.3. The van der Waals surface area contributed by atoms with Crippen LogP contribution in [-0.2, 0) is 32.6 Å². The summed E-state index contributed by atoms with van der Waals surface area (Å²) in [5, 5.41) is 19.4. The molecule has 4 N–H and O–H groups in total. The zero-order valence-corrected chi connectivity index (χ0v) is 26.0. The molecular weight excluding hydrogens is 566 g/mol. The SMILES string of the molecule is CC(C)CN(CC(O)C(Cc1ccccc1)NC(=O)C(NC(=O)CNCc1c(F)cccc1F)C(C)(C)C)S(C)(=O)=O. The summed E-state index contributed by atoms with van der Waals surface area (Å²) in [7, 11) is -3.63. The van der Waals surface area contributed by atoms with Crippen molar-refractivity contribution in [2.75, 3.05) is 25.9 Å². The Morgan fingerprint density at radius 2 is 1.55 bits per heavy atom. The molecule has 0 aliphatic carbocycles. The molecule has 0 aromatic heterocycles. The topological polar surface area (TPSA) is 128 Å². The summed E-state index contributed by atoms with van der Waals surface area (Å²) in [5.74, 6) is -2.59. The molecule has 234 valence electrons. The largest absolute Gasteiger partial charge is 0.390 e. The molecule has 0 fully saturated rings. The van der Waals surface area contributed by atoms with Crippen molar-refractivity contribution in [2.45, 2.75) is 65.8 Å². The summed E-state index contributed by atoms with van der Waals surface area (Å²) in [4.78, 5) is 26.4. The van der Waals surface area contributed by atoms with Crippen molar-refractivity contribution in [1.29, 1.82) is 0 Å². The number of aliphatic hydroxyl groups excluding tert-OH is 1. The molecule has 0 aliphatic heterocycles. The van der Waals surface area contributed by atoms with Gasteiger partial charge in [0, 0.05) is 25.2 Å². The third-order valence-corrected chi connectivity index (χ3v) is 7.84. The number of carbonyl (C=O) groups is 2. The Hall–Kier alpha value is -2.93. The van der Waals surface area contributed by atoms with Crippen LogP contribution >= 0.6 is 0 Å². The first-order chi connectivity index (χ1) is 19.5. The summed E-state index contributed by atoms with van der Waals surface area (Å²) in [5.41, 5.74) is -0.137. The first-order valence-electron chi connectivity index (χ1n) is 13.9. The fourth-order valence-electron chi connectivity index (χ4n) is 4.40. The second kappa shape index (κ2) is 15.5. The van der Waals surface area contributed by atoms with E-state index < -0.39 is 57.1 Å². The number of benzene rings is 2. The Morgan fingerprint density at radius 3 is 2.07 bits per heavy atom. The fraction of sp³-hybridized carbons (Fsp3) is 0.533. The molecule has 0 saturated heterocycles. The summed E-state index contributed by atoms with van der Waals surface area (Å²) < 4.78 is 53.8. The summed E-state index contributed by atoms with van der Waals surface area (Å²) in [6, 6.07) is 10.7. The van der Waals surface area contributed by atoms with Gasteiger partial charge in [0.2, 0.25) is 21.8 Å². The molecule has 3 unspecified atom stereocenters. The number of hydrogen-bond donors (Lipinski definition) is 4. The molecule has 0 radical (unpaired) electrons. The summed E-state index contributed by atoms with van der Waals surface area (Å²) in [6.07, 6.45) is 0.0385. The van der Waals surface area contributed by atoms with Crippen LogP contribution in [0.4, 0.5) is 8.78 Å². The van der Waals surface area contributed by atoms with Gasteiger partial charge in [-0.15, -0.1) is 0 Å². The van der Waals surface area contributed by atoms with Crippen LogP contribution in [0.3, 0.4) is 0 Å². The van der Waals surface area contributed by atoms with Crippen LogP contribution < -0.4 is 16.0 Å². The average molecular weight is 611 g/mol. The zero-order chi connectivity index (χ0) is 31.7. The molecule has 2 rings (SSSR count). The van der Waals surface area contributed by atoms with Crippen molar-refractivity contribution >= 4 is 21.8 Å². The number of amides is 2. The Balaban J connectivity index is 2.19. The van der Waals surface area contributed by atoms with Gasteiger partial charge in [-0.1, -0.05) is 71.0 Å². The maximum absolute atomic E-state index is 13.9. The van der Waals surface area contributed by atoms with Gasteiger partial charge in [-0.2, -0.15) is 4.31 Å². The first-order valence-corrected chi connectivity index (χ1v) is 15.7. The highest BCUT2D eigenvalue weighted by Crippen LogP contribution is 2.21. The van der Waals surface area contributed by atoms with Gasteiger partial charge in [0.05, 0.1) is 24.9 Å². The lowest BCUT2D eigenvalue weighted by Gasteiger charge is -2.34. The molecule has 0 bridgehead atoms. The molecular formula is C30H44F2N4O5S. The highest BCUT2D eigenvalue weighted by atomic mass is 32.2. The minimum atomic E-state index is -3.63. The summed E-state index contributed by atoms with van der Waals surface area (Å²) >= 11 is 0. The number of sulfonamides is 1. The molecule has 9 nitrogen and oxygen atoms in total. The number of halogens is 2. The Bertz CT molecular complexity index is 1270. The van der Waals surface area contributed by atoms with Crippen LogP contribution in [0, 0.1) is 23.0 Å². The van der Waals surface area contributed by atoms with Crippen molar-refractivity contribution in [3.63, 3.8) is 0 Å². The molecule has 0 heterocycles. The lowest BCUT2D eigenvalue weighted by Crippen LogP contribution is -2.59. The zero-order valence-electron chi connectivity index (χ0n) is 25.2. The second-order valence-electron chi connectivity index (χ2n) is 12.0. The van der Waals surface area contributed by atoms with E-state index in [1.165, 1.54) is 10.4 Å². The average Bonchev–Trinajstić information content (AvgIpc) is 2.87. The smallest absolute Gasteiger partial charge is 0.243 e. The predicted molar refractivity (Wildman–Crippen MR) is 159 cm³/mol. The molecule has 42 heavy (non-hydrogen) atoms. The minimum Gasteiger partial charge on any atom is -0.390 e. The molecule has 12 heteroatoms. The highest BCUT2D eigenvalue weighted by molar-refractivity contribution is 7.88. The van der Waals surface area contributed by atoms with Gasteiger partial charge in [0.15, 0.2) is 0 Å². The summed E-state index contributed by atoms with van der Waals surface area (Å²) in [6.45, 7) is 8.46. The minimum absolute atomic E-state index is 0.0121. The quantitative estimate of drug-likeness (QED) is 0.246. The lowest BCUT2D eigenvalue weighted by molar-refractivity contribution is -0.132. The van der Waals surface area contributed by atoms with Gasteiger partial charge in [0.1, 0.15) is 17.7 Å². The number of carbonyl (C=O) groups excluding carboxylic acids is 2. The standard InChI is InChI=1S/C30H44F2N4O5S/c1-20(2)18-36(42(6,40)41)19-26(37)25(15-21-11-8-7-9-12-21)34-29(39)28(30(3,4)5)35-27(38)17-33-16-22-23(31)13-10-14-24(22)32/h7-14,20,25-26,28,33,37H,15-19H2,1-6H3,(H,34,39)(H,35,38). The molecule has 2 aromatic rings. The maximum Gasteiger partial charge on any atom is 0.243 e. The third-order valence-electron chi connectivity index (χ3n) is 6.60. The second-order valence-corrected chi connectivity index (χ2v) is 14.0. The van der Waals surface area contributed by atoms with E-state index >= 15 is 0 Å². The van der Waals surface area contributed by atoms with Crippen LogP contribution in [-0.4, -0.2) is 73.7 Å². The van der Waals surface area contributed by atoms with Crippen molar-refractivity contribution in [3.8, 4) is 0 Å². The molecule has 2 amide bonds. The number of nitrogens with one attached hydrogen (secondary N) is 3. The number of hydrogen-bond acceptors (Lipinski definition) is 6. The Morgan fingerprint density at radius 1 is 0.952 bits per heavy atom. The van der Waals surface area contributed by atoms with E-state index in [0.717, 1.165) is 24.0 Å². The molecule has 2 aromatic carbocycles. The van der Waals surface area contributed by atoms with Crippen LogP contribution in [0.5, 0.6) is 0 Å². The Kier molecular flexibility index (Phi) is 13.0. The maximum atomic E-state index is 13.9. The van der Waals surface area contributed by atoms with Crippen LogP contribution in [0.25, 0.3) is 0 Å². The van der Waals surface area contributed by atoms with Gasteiger partial charge in [0.25, 0.3) is 0 Å². The van der Waals surface area contributed by atoms with Gasteiger partial charge in [-0.05, 0) is 35.4 Å². The van der Waals surface area contributed by atoms with E-state index in [0.29, 0.717) is 0 Å². The van der Waals surface area contributed by atoms with Gasteiger partial charge in [-0.25, -0.2) is 17.2 Å². The monoisotopic (exact) mass is 610 g/mol. The lowest BCUT2D eigenvalue weighted by atomic mass is 9.85. The van der Waals surface area contributed by atoms with Gasteiger partial charge >= 0.3 is 0 Å². The highest BCUT2D eigenvalue weighted by Gasteiger charge is 2.36. The van der Waals surface area contributed by atoms with Crippen molar-refractivity contribution in [1.82, 2.24) is 20.3 Å². The van der Waals surface area contributed by atoms with E-state index in [9.17, 15) is 31.9 Å². The van der Waals surface area contributed by atoms with E-state index in [1.807, 2.05) is 44.2 Å². The van der Waals surface area contributed by atoms with E-state index in [4.69, 9.17) is 0 Å². The van der Waals surface area contributed by atoms with Crippen molar-refractivity contribution in [3.05, 3.63) is 71.3 Å².